The van der Waals surface area contributed by atoms with Crippen LogP contribution in [0.15, 0.2) is 0 Å². The van der Waals surface area contributed by atoms with Crippen molar-refractivity contribution in [2.24, 2.45) is 5.92 Å². The third-order valence-corrected chi connectivity index (χ3v) is 4.13. The van der Waals surface area contributed by atoms with E-state index in [2.05, 4.69) is 22.5 Å². The van der Waals surface area contributed by atoms with Crippen molar-refractivity contribution >= 4 is 5.91 Å². The Hall–Kier alpha value is -0.610. The Bertz CT molecular complexity index is 252. The number of nitrogens with one attached hydrogen (secondary N) is 2. The van der Waals surface area contributed by atoms with Crippen LogP contribution in [0.1, 0.15) is 51.9 Å². The van der Waals surface area contributed by atoms with Crippen molar-refractivity contribution in [3.63, 3.8) is 0 Å². The quantitative estimate of drug-likeness (QED) is 0.539. The maximum atomic E-state index is 11.7. The highest BCUT2D eigenvalue weighted by atomic mass is 16.1. The fourth-order valence-corrected chi connectivity index (χ4v) is 2.76. The third kappa shape index (κ3) is 7.85. The summed E-state index contributed by atoms with van der Waals surface area (Å²) in [6, 6.07) is 0. The lowest BCUT2D eigenvalue weighted by Gasteiger charge is -2.38. The number of likely N-dealkylation sites (tertiary alicyclic amines) is 1. The minimum atomic E-state index is 0.250. The van der Waals surface area contributed by atoms with Crippen LogP contribution in [-0.4, -0.2) is 50.6 Å². The lowest BCUT2D eigenvalue weighted by Crippen LogP contribution is -2.48. The Morgan fingerprint density at radius 1 is 1.05 bits per heavy atom. The van der Waals surface area contributed by atoms with Gasteiger partial charge in [0, 0.05) is 26.1 Å². The van der Waals surface area contributed by atoms with Gasteiger partial charge in [-0.15, -0.1) is 0 Å². The number of hydrogen-bond acceptors (Lipinski definition) is 3. The van der Waals surface area contributed by atoms with Gasteiger partial charge in [-0.05, 0) is 38.9 Å². The first kappa shape index (κ1) is 17.4. The van der Waals surface area contributed by atoms with Crippen LogP contribution in [0.2, 0.25) is 0 Å². The molecule has 1 heterocycles. The van der Waals surface area contributed by atoms with E-state index in [0.717, 1.165) is 45.6 Å². The lowest BCUT2D eigenvalue weighted by molar-refractivity contribution is -0.123. The second kappa shape index (κ2) is 11.1. The van der Waals surface area contributed by atoms with Crippen molar-refractivity contribution in [1.29, 1.82) is 0 Å². The summed E-state index contributed by atoms with van der Waals surface area (Å²) in [5.41, 5.74) is 0. The molecule has 1 amide bonds. The van der Waals surface area contributed by atoms with E-state index in [-0.39, 0.29) is 5.91 Å². The summed E-state index contributed by atoms with van der Waals surface area (Å²) < 4.78 is 0. The molecule has 4 heteroatoms. The molecule has 2 N–H and O–H groups in total. The predicted molar refractivity (Wildman–Crippen MR) is 84.9 cm³/mol. The summed E-state index contributed by atoms with van der Waals surface area (Å²) >= 11 is 0. The standard InChI is InChI=1S/C16H33N3O/c1-3-19-13-15(14-19)12-16(20)18-11-9-7-5-4-6-8-10-17-2/h15,17H,3-14H2,1-2H3,(H,18,20). The van der Waals surface area contributed by atoms with Gasteiger partial charge in [-0.1, -0.05) is 32.6 Å². The van der Waals surface area contributed by atoms with E-state index in [9.17, 15) is 4.79 Å². The van der Waals surface area contributed by atoms with Gasteiger partial charge < -0.3 is 15.5 Å². The van der Waals surface area contributed by atoms with Crippen LogP contribution in [-0.2, 0) is 4.79 Å². The Labute approximate surface area is 124 Å². The second-order valence-corrected chi connectivity index (χ2v) is 6.00. The Morgan fingerprint density at radius 3 is 2.25 bits per heavy atom. The van der Waals surface area contributed by atoms with E-state index in [4.69, 9.17) is 0 Å². The molecule has 0 aromatic heterocycles. The van der Waals surface area contributed by atoms with Crippen molar-refractivity contribution < 1.29 is 4.79 Å². The fourth-order valence-electron chi connectivity index (χ4n) is 2.76. The lowest BCUT2D eigenvalue weighted by atomic mass is 9.96. The molecule has 0 unspecified atom stereocenters. The van der Waals surface area contributed by atoms with E-state index in [0.29, 0.717) is 5.92 Å². The first-order chi connectivity index (χ1) is 9.76. The molecule has 0 aromatic rings. The van der Waals surface area contributed by atoms with Gasteiger partial charge in [-0.3, -0.25) is 4.79 Å². The molecule has 0 saturated carbocycles. The van der Waals surface area contributed by atoms with Crippen LogP contribution < -0.4 is 10.6 Å². The normalized spacial score (nSPS) is 16.1. The molecule has 0 aromatic carbocycles. The SMILES string of the molecule is CCN1CC(CC(=O)NCCCCCCCCNC)C1. The number of amides is 1. The number of carbonyl (C=O) groups excluding carboxylic acids is 1. The molecule has 4 nitrogen and oxygen atoms in total. The van der Waals surface area contributed by atoms with Gasteiger partial charge in [0.25, 0.3) is 0 Å². The molecule has 0 radical (unpaired) electrons. The molecule has 0 bridgehead atoms. The van der Waals surface area contributed by atoms with E-state index in [1.165, 1.54) is 32.1 Å². The molecule has 1 aliphatic rings. The fraction of sp³-hybridized carbons (Fsp3) is 0.938. The summed E-state index contributed by atoms with van der Waals surface area (Å²) in [5, 5.41) is 6.23. The Kier molecular flexibility index (Phi) is 9.67. The van der Waals surface area contributed by atoms with Crippen LogP contribution in [0.5, 0.6) is 0 Å². The smallest absolute Gasteiger partial charge is 0.220 e. The largest absolute Gasteiger partial charge is 0.356 e. The molecule has 118 valence electrons. The number of rotatable bonds is 12. The Morgan fingerprint density at radius 2 is 1.65 bits per heavy atom. The zero-order chi connectivity index (χ0) is 14.6. The summed E-state index contributed by atoms with van der Waals surface area (Å²) in [5.74, 6) is 0.849. The highest BCUT2D eigenvalue weighted by Gasteiger charge is 2.26. The van der Waals surface area contributed by atoms with Crippen molar-refractivity contribution in [3.05, 3.63) is 0 Å². The average Bonchev–Trinajstić information content (AvgIpc) is 2.40. The number of nitrogens with zero attached hydrogens (tertiary/aromatic N) is 1. The van der Waals surface area contributed by atoms with E-state index < -0.39 is 0 Å². The Balaban J connectivity index is 1.80. The maximum Gasteiger partial charge on any atom is 0.220 e. The van der Waals surface area contributed by atoms with Gasteiger partial charge in [0.15, 0.2) is 0 Å². The maximum absolute atomic E-state index is 11.7. The molecule has 0 spiro atoms. The van der Waals surface area contributed by atoms with Gasteiger partial charge >= 0.3 is 0 Å². The monoisotopic (exact) mass is 283 g/mol. The molecule has 0 aliphatic carbocycles. The van der Waals surface area contributed by atoms with Crippen molar-refractivity contribution in [3.8, 4) is 0 Å². The van der Waals surface area contributed by atoms with Gasteiger partial charge in [0.1, 0.15) is 0 Å². The number of unbranched alkanes of at least 4 members (excludes halogenated alkanes) is 5. The zero-order valence-corrected chi connectivity index (χ0v) is 13.4. The molecule has 1 saturated heterocycles. The van der Waals surface area contributed by atoms with Crippen LogP contribution >= 0.6 is 0 Å². The first-order valence-corrected chi connectivity index (χ1v) is 8.40. The van der Waals surface area contributed by atoms with E-state index in [1.54, 1.807) is 0 Å². The van der Waals surface area contributed by atoms with Crippen molar-refractivity contribution in [1.82, 2.24) is 15.5 Å². The minimum absolute atomic E-state index is 0.250. The summed E-state index contributed by atoms with van der Waals surface area (Å²) in [6.45, 7) is 7.50. The third-order valence-electron chi connectivity index (χ3n) is 4.13. The molecule has 1 fully saturated rings. The van der Waals surface area contributed by atoms with Crippen molar-refractivity contribution in [2.45, 2.75) is 51.9 Å². The summed E-state index contributed by atoms with van der Waals surface area (Å²) in [4.78, 5) is 14.1. The molecule has 1 rings (SSSR count). The molecular weight excluding hydrogens is 250 g/mol. The van der Waals surface area contributed by atoms with Gasteiger partial charge in [-0.2, -0.15) is 0 Å². The number of hydrogen-bond donors (Lipinski definition) is 2. The molecular formula is C16H33N3O. The van der Waals surface area contributed by atoms with Crippen molar-refractivity contribution in [2.75, 3.05) is 39.8 Å². The topological polar surface area (TPSA) is 44.4 Å². The minimum Gasteiger partial charge on any atom is -0.356 e. The van der Waals surface area contributed by atoms with Crippen LogP contribution in [0, 0.1) is 5.92 Å². The zero-order valence-electron chi connectivity index (χ0n) is 13.4. The second-order valence-electron chi connectivity index (χ2n) is 6.00. The summed E-state index contributed by atoms with van der Waals surface area (Å²) in [6.07, 6.45) is 8.32. The molecule has 0 atom stereocenters. The molecule has 1 aliphatic heterocycles. The van der Waals surface area contributed by atoms with E-state index in [1.807, 2.05) is 7.05 Å². The van der Waals surface area contributed by atoms with Gasteiger partial charge in [0.05, 0.1) is 0 Å². The average molecular weight is 283 g/mol. The van der Waals surface area contributed by atoms with Crippen LogP contribution in [0.3, 0.4) is 0 Å². The summed E-state index contributed by atoms with van der Waals surface area (Å²) in [7, 11) is 2.01. The van der Waals surface area contributed by atoms with Gasteiger partial charge in [0.2, 0.25) is 5.91 Å². The van der Waals surface area contributed by atoms with Crippen LogP contribution in [0.25, 0.3) is 0 Å². The van der Waals surface area contributed by atoms with E-state index >= 15 is 0 Å². The predicted octanol–water partition coefficient (Wildman–Crippen LogP) is 2.00. The highest BCUT2D eigenvalue weighted by Crippen LogP contribution is 2.17. The highest BCUT2D eigenvalue weighted by molar-refractivity contribution is 5.76. The number of carbonyl (C=O) groups is 1. The van der Waals surface area contributed by atoms with Crippen LogP contribution in [0.4, 0.5) is 0 Å². The first-order valence-electron chi connectivity index (χ1n) is 8.40. The molecule has 20 heavy (non-hydrogen) atoms. The van der Waals surface area contributed by atoms with Gasteiger partial charge in [-0.25, -0.2) is 0 Å².